The molecule has 0 saturated heterocycles. The Hall–Kier alpha value is -2.31. The zero-order chi connectivity index (χ0) is 17.1. The number of alkyl halides is 1. The highest BCUT2D eigenvalue weighted by Crippen LogP contribution is 2.26. The highest BCUT2D eigenvalue weighted by atomic mass is 35.5. The van der Waals surface area contributed by atoms with Gasteiger partial charge in [-0.15, -0.1) is 0 Å². The Balaban J connectivity index is 1.87. The molecule has 1 aromatic heterocycles. The molecule has 2 N–H and O–H groups in total. The van der Waals surface area contributed by atoms with Crippen molar-refractivity contribution in [1.82, 2.24) is 10.2 Å². The molecule has 5 nitrogen and oxygen atoms in total. The van der Waals surface area contributed by atoms with Gasteiger partial charge in [-0.25, -0.2) is 4.39 Å². The Morgan fingerprint density at radius 2 is 1.96 bits per heavy atom. The van der Waals surface area contributed by atoms with E-state index in [1.54, 1.807) is 24.3 Å². The van der Waals surface area contributed by atoms with E-state index < -0.39 is 12.6 Å². The quantitative estimate of drug-likeness (QED) is 0.698. The molecular formula is C16H12Cl2FN3O2. The van der Waals surface area contributed by atoms with Crippen molar-refractivity contribution < 1.29 is 13.9 Å². The van der Waals surface area contributed by atoms with Gasteiger partial charge < -0.3 is 10.1 Å². The largest absolute Gasteiger partial charge is 0.491 e. The number of carbonyl (C=O) groups excluding carboxylic acids is 1. The minimum atomic E-state index is -0.581. The van der Waals surface area contributed by atoms with Crippen LogP contribution in [0, 0.1) is 0 Å². The summed E-state index contributed by atoms with van der Waals surface area (Å²) in [5.74, 6) is 0.419. The van der Waals surface area contributed by atoms with Gasteiger partial charge in [0.2, 0.25) is 0 Å². The monoisotopic (exact) mass is 367 g/mol. The molecule has 3 aromatic rings. The topological polar surface area (TPSA) is 67.0 Å². The number of hydrogen-bond donors (Lipinski definition) is 2. The second-order valence-electron chi connectivity index (χ2n) is 4.93. The predicted molar refractivity (Wildman–Crippen MR) is 92.0 cm³/mol. The number of anilines is 1. The zero-order valence-electron chi connectivity index (χ0n) is 12.3. The molecule has 8 heteroatoms. The van der Waals surface area contributed by atoms with E-state index in [1.165, 1.54) is 12.1 Å². The van der Waals surface area contributed by atoms with Gasteiger partial charge in [-0.05, 0) is 36.4 Å². The van der Waals surface area contributed by atoms with Crippen LogP contribution in [0.4, 0.5) is 10.2 Å². The molecule has 0 aliphatic rings. The molecule has 2 aromatic carbocycles. The van der Waals surface area contributed by atoms with Crippen LogP contribution < -0.4 is 10.1 Å². The van der Waals surface area contributed by atoms with Gasteiger partial charge >= 0.3 is 0 Å². The maximum atomic E-state index is 12.4. The third-order valence-electron chi connectivity index (χ3n) is 3.24. The van der Waals surface area contributed by atoms with E-state index in [-0.39, 0.29) is 6.61 Å². The Morgan fingerprint density at radius 3 is 2.67 bits per heavy atom. The van der Waals surface area contributed by atoms with Crippen LogP contribution in [-0.2, 0) is 0 Å². The number of benzene rings is 2. The molecule has 0 fully saturated rings. The van der Waals surface area contributed by atoms with Gasteiger partial charge in [-0.3, -0.25) is 9.89 Å². The molecule has 0 unspecified atom stereocenters. The van der Waals surface area contributed by atoms with E-state index in [4.69, 9.17) is 27.9 Å². The molecule has 0 aliphatic heterocycles. The smallest absolute Gasteiger partial charge is 0.256 e. The normalized spacial score (nSPS) is 10.8. The first-order chi connectivity index (χ1) is 11.6. The fraction of sp³-hybridized carbons (Fsp3) is 0.125. The first-order valence-electron chi connectivity index (χ1n) is 7.01. The molecule has 3 rings (SSSR count). The van der Waals surface area contributed by atoms with Gasteiger partial charge in [0.05, 0.1) is 5.52 Å². The minimum absolute atomic E-state index is 0.0357. The predicted octanol–water partition coefficient (Wildman–Crippen LogP) is 4.47. The Labute approximate surface area is 146 Å². The lowest BCUT2D eigenvalue weighted by Gasteiger charge is -2.06. The van der Waals surface area contributed by atoms with Crippen molar-refractivity contribution >= 4 is 45.8 Å². The lowest BCUT2D eigenvalue weighted by molar-refractivity contribution is 0.102. The molecule has 1 amide bonds. The SMILES string of the molecule is O=C(Nc1n[nH]c2ccc(OCCF)cc12)c1cc(Cl)cc(Cl)c1. The number of nitrogens with zero attached hydrogens (tertiary/aromatic N) is 1. The van der Waals surface area contributed by atoms with E-state index in [2.05, 4.69) is 15.5 Å². The molecule has 0 spiro atoms. The van der Waals surface area contributed by atoms with Crippen LogP contribution in [0.2, 0.25) is 10.0 Å². The van der Waals surface area contributed by atoms with Crippen LogP contribution in [0.5, 0.6) is 5.75 Å². The average molecular weight is 368 g/mol. The first-order valence-corrected chi connectivity index (χ1v) is 7.77. The highest BCUT2D eigenvalue weighted by molar-refractivity contribution is 6.35. The van der Waals surface area contributed by atoms with Gasteiger partial charge in [-0.2, -0.15) is 5.10 Å². The molecular weight excluding hydrogens is 356 g/mol. The lowest BCUT2D eigenvalue weighted by Crippen LogP contribution is -2.12. The van der Waals surface area contributed by atoms with Crippen LogP contribution in [0.25, 0.3) is 10.9 Å². The number of hydrogen-bond acceptors (Lipinski definition) is 3. The van der Waals surface area contributed by atoms with Crippen molar-refractivity contribution in [2.75, 3.05) is 18.6 Å². The summed E-state index contributed by atoms with van der Waals surface area (Å²) in [6.07, 6.45) is 0. The Morgan fingerprint density at radius 1 is 1.21 bits per heavy atom. The number of halogens is 3. The van der Waals surface area contributed by atoms with E-state index in [0.717, 1.165) is 0 Å². The van der Waals surface area contributed by atoms with Crippen molar-refractivity contribution in [3.63, 3.8) is 0 Å². The van der Waals surface area contributed by atoms with Gasteiger partial charge in [0.1, 0.15) is 19.0 Å². The summed E-state index contributed by atoms with van der Waals surface area (Å²) in [4.78, 5) is 12.4. The van der Waals surface area contributed by atoms with Crippen molar-refractivity contribution in [3.05, 3.63) is 52.0 Å². The number of fused-ring (bicyclic) bond motifs is 1. The van der Waals surface area contributed by atoms with E-state index in [9.17, 15) is 9.18 Å². The second-order valence-corrected chi connectivity index (χ2v) is 5.80. The fourth-order valence-corrected chi connectivity index (χ4v) is 2.73. The van der Waals surface area contributed by atoms with E-state index in [1.807, 2.05) is 0 Å². The zero-order valence-corrected chi connectivity index (χ0v) is 13.8. The van der Waals surface area contributed by atoms with Crippen molar-refractivity contribution in [2.24, 2.45) is 0 Å². The summed E-state index contributed by atoms with van der Waals surface area (Å²) < 4.78 is 17.5. The summed E-state index contributed by atoms with van der Waals surface area (Å²) in [6.45, 7) is -0.616. The van der Waals surface area contributed by atoms with Gasteiger partial charge in [-0.1, -0.05) is 23.2 Å². The molecule has 124 valence electrons. The maximum absolute atomic E-state index is 12.4. The second kappa shape index (κ2) is 7.07. The number of nitrogens with one attached hydrogen (secondary N) is 2. The van der Waals surface area contributed by atoms with E-state index in [0.29, 0.717) is 38.1 Å². The van der Waals surface area contributed by atoms with Crippen molar-refractivity contribution in [1.29, 1.82) is 0 Å². The number of H-pyrrole nitrogens is 1. The molecule has 0 radical (unpaired) electrons. The molecule has 24 heavy (non-hydrogen) atoms. The average Bonchev–Trinajstić information content (AvgIpc) is 2.94. The molecule has 1 heterocycles. The standard InChI is InChI=1S/C16H12Cl2FN3O2/c17-10-5-9(6-11(18)7-10)16(23)20-15-13-8-12(24-4-3-19)1-2-14(13)21-22-15/h1-2,5-8H,3-4H2,(H2,20,21,22,23). The van der Waals surface area contributed by atoms with Crippen LogP contribution >= 0.6 is 23.2 Å². The Bertz CT molecular complexity index is 878. The Kier molecular flexibility index (Phi) is 4.87. The van der Waals surface area contributed by atoms with Gasteiger partial charge in [0.15, 0.2) is 5.82 Å². The molecule has 0 atom stereocenters. The number of amides is 1. The molecule has 0 saturated carbocycles. The number of aromatic amines is 1. The summed E-state index contributed by atoms with van der Waals surface area (Å²) in [7, 11) is 0. The number of rotatable bonds is 5. The fourth-order valence-electron chi connectivity index (χ4n) is 2.20. The highest BCUT2D eigenvalue weighted by Gasteiger charge is 2.13. The van der Waals surface area contributed by atoms with Crippen molar-refractivity contribution in [3.8, 4) is 5.75 Å². The summed E-state index contributed by atoms with van der Waals surface area (Å²) in [5.41, 5.74) is 1.02. The summed E-state index contributed by atoms with van der Waals surface area (Å²) in [5, 5.41) is 10.9. The summed E-state index contributed by atoms with van der Waals surface area (Å²) in [6, 6.07) is 9.66. The third kappa shape index (κ3) is 3.60. The molecule has 0 bridgehead atoms. The van der Waals surface area contributed by atoms with Crippen LogP contribution in [-0.4, -0.2) is 29.4 Å². The number of aromatic nitrogens is 2. The van der Waals surface area contributed by atoms with E-state index >= 15 is 0 Å². The summed E-state index contributed by atoms with van der Waals surface area (Å²) >= 11 is 11.8. The number of ether oxygens (including phenoxy) is 1. The first kappa shape index (κ1) is 16.5. The van der Waals surface area contributed by atoms with Gasteiger partial charge in [0.25, 0.3) is 5.91 Å². The van der Waals surface area contributed by atoms with Gasteiger partial charge in [0, 0.05) is 21.0 Å². The van der Waals surface area contributed by atoms with Crippen LogP contribution in [0.1, 0.15) is 10.4 Å². The lowest BCUT2D eigenvalue weighted by atomic mass is 10.2. The minimum Gasteiger partial charge on any atom is -0.491 e. The van der Waals surface area contributed by atoms with Crippen LogP contribution in [0.15, 0.2) is 36.4 Å². The van der Waals surface area contributed by atoms with Crippen molar-refractivity contribution in [2.45, 2.75) is 0 Å². The maximum Gasteiger partial charge on any atom is 0.256 e. The molecule has 0 aliphatic carbocycles. The third-order valence-corrected chi connectivity index (χ3v) is 3.67. The number of carbonyl (C=O) groups is 1. The van der Waals surface area contributed by atoms with Crippen LogP contribution in [0.3, 0.4) is 0 Å².